The number of unbranched alkanes of at least 4 members (excludes halogenated alkanes) is 1. The van der Waals surface area contributed by atoms with Crippen molar-refractivity contribution in [1.29, 1.82) is 0 Å². The van der Waals surface area contributed by atoms with E-state index in [9.17, 15) is 9.59 Å². The quantitative estimate of drug-likeness (QED) is 0.295. The van der Waals surface area contributed by atoms with Gasteiger partial charge in [-0.25, -0.2) is 9.78 Å². The highest BCUT2D eigenvalue weighted by atomic mass is 79.9. The van der Waals surface area contributed by atoms with E-state index < -0.39 is 12.6 Å². The number of ether oxygens (including phenoxy) is 2. The molecule has 0 saturated heterocycles. The Morgan fingerprint density at radius 2 is 2.03 bits per heavy atom. The topological polar surface area (TPSA) is 103 Å². The Morgan fingerprint density at radius 1 is 1.26 bits per heavy atom. The van der Waals surface area contributed by atoms with Crippen LogP contribution >= 0.6 is 43.5 Å². The molecule has 3 rings (SSSR count). The van der Waals surface area contributed by atoms with Gasteiger partial charge < -0.3 is 14.6 Å². The van der Waals surface area contributed by atoms with Crippen molar-refractivity contribution in [3.63, 3.8) is 0 Å². The summed E-state index contributed by atoms with van der Waals surface area (Å²) in [5.74, 6) is -0.230. The molecule has 0 aliphatic carbocycles. The Labute approximate surface area is 217 Å². The molecule has 0 aliphatic heterocycles. The van der Waals surface area contributed by atoms with Gasteiger partial charge in [-0.3, -0.25) is 4.79 Å². The van der Waals surface area contributed by atoms with Gasteiger partial charge in [-0.1, -0.05) is 40.9 Å². The minimum absolute atomic E-state index is 0.105. The zero-order valence-electron chi connectivity index (χ0n) is 18.5. The van der Waals surface area contributed by atoms with Crippen LogP contribution in [-0.2, 0) is 11.2 Å². The molecule has 3 aromatic rings. The molecule has 0 spiro atoms. The molecule has 0 atom stereocenters. The van der Waals surface area contributed by atoms with Gasteiger partial charge in [0.1, 0.15) is 10.8 Å². The monoisotopic (exact) mass is 613 g/mol. The van der Waals surface area contributed by atoms with Crippen LogP contribution in [0.5, 0.6) is 11.5 Å². The van der Waals surface area contributed by atoms with Gasteiger partial charge in [0.2, 0.25) is 0 Å². The van der Waals surface area contributed by atoms with E-state index in [-0.39, 0.29) is 22.1 Å². The number of carbonyl (C=O) groups is 1. The number of halogens is 3. The highest BCUT2D eigenvalue weighted by Crippen LogP contribution is 2.42. The second-order valence-corrected chi connectivity index (χ2v) is 9.28. The third kappa shape index (κ3) is 5.97. The molecule has 1 aromatic heterocycles. The van der Waals surface area contributed by atoms with E-state index in [1.165, 1.54) is 10.9 Å². The molecular weight excluding hydrogens is 594 g/mol. The van der Waals surface area contributed by atoms with E-state index in [4.69, 9.17) is 26.2 Å². The van der Waals surface area contributed by atoms with Crippen molar-refractivity contribution in [3.05, 3.63) is 60.0 Å². The third-order valence-electron chi connectivity index (χ3n) is 4.74. The maximum absolute atomic E-state index is 13.3. The number of fused-ring (bicyclic) bond motifs is 1. The van der Waals surface area contributed by atoms with Crippen molar-refractivity contribution in [3.8, 4) is 11.5 Å². The maximum Gasteiger partial charge on any atom is 0.341 e. The Morgan fingerprint density at radius 3 is 2.71 bits per heavy atom. The van der Waals surface area contributed by atoms with Crippen molar-refractivity contribution < 1.29 is 19.4 Å². The van der Waals surface area contributed by atoms with Gasteiger partial charge in [0, 0.05) is 20.9 Å². The lowest BCUT2D eigenvalue weighted by atomic mass is 10.2. The normalized spacial score (nSPS) is 11.3. The molecule has 0 bridgehead atoms. The number of benzene rings is 2. The molecule has 34 heavy (non-hydrogen) atoms. The number of aromatic nitrogens is 2. The Kier molecular flexibility index (Phi) is 9.10. The lowest BCUT2D eigenvalue weighted by molar-refractivity contribution is -0.139. The lowest BCUT2D eigenvalue weighted by Gasteiger charge is -2.15. The first-order valence-corrected chi connectivity index (χ1v) is 12.5. The first-order valence-electron chi connectivity index (χ1n) is 10.5. The third-order valence-corrected chi connectivity index (χ3v) is 6.67. The van der Waals surface area contributed by atoms with Crippen LogP contribution in [0.3, 0.4) is 0 Å². The maximum atomic E-state index is 13.3. The molecule has 2 aromatic carbocycles. The number of rotatable bonds is 10. The van der Waals surface area contributed by atoms with Crippen molar-refractivity contribution in [1.82, 2.24) is 9.66 Å². The summed E-state index contributed by atoms with van der Waals surface area (Å²) >= 11 is 13.2. The van der Waals surface area contributed by atoms with Crippen LogP contribution in [-0.4, -0.2) is 40.2 Å². The molecule has 0 fully saturated rings. The van der Waals surface area contributed by atoms with E-state index in [1.807, 2.05) is 6.07 Å². The average molecular weight is 616 g/mol. The summed E-state index contributed by atoms with van der Waals surface area (Å²) in [6.07, 6.45) is 3.85. The summed E-state index contributed by atoms with van der Waals surface area (Å²) in [6, 6.07) is 6.97. The minimum atomic E-state index is -1.14. The fraction of sp³-hybridized carbons (Fsp3) is 0.304. The van der Waals surface area contributed by atoms with E-state index in [0.717, 1.165) is 17.3 Å². The summed E-state index contributed by atoms with van der Waals surface area (Å²) in [7, 11) is 0. The second-order valence-electron chi connectivity index (χ2n) is 7.19. The molecule has 1 N–H and O–H groups in total. The van der Waals surface area contributed by atoms with Gasteiger partial charge in [0.15, 0.2) is 18.1 Å². The van der Waals surface area contributed by atoms with E-state index in [1.54, 1.807) is 25.1 Å². The number of nitrogens with zero attached hydrogens (tertiary/aromatic N) is 3. The molecule has 180 valence electrons. The van der Waals surface area contributed by atoms with Gasteiger partial charge in [0.05, 0.1) is 23.7 Å². The minimum Gasteiger partial charge on any atom is -0.490 e. The van der Waals surface area contributed by atoms with E-state index >= 15 is 0 Å². The SMILES string of the molecule is CCCCc1nc2ccc(Br)cc2c(=O)n1N=Cc1cc(OCC)c(OCC(=O)O)c(Cl)c1Br. The van der Waals surface area contributed by atoms with Crippen molar-refractivity contribution in [2.24, 2.45) is 5.10 Å². The van der Waals surface area contributed by atoms with Crippen LogP contribution in [0.1, 0.15) is 38.1 Å². The molecule has 0 amide bonds. The number of carboxylic acids is 1. The Bertz CT molecular complexity index is 1310. The summed E-state index contributed by atoms with van der Waals surface area (Å²) in [6.45, 7) is 3.58. The molecule has 8 nitrogen and oxygen atoms in total. The van der Waals surface area contributed by atoms with Gasteiger partial charge >= 0.3 is 5.97 Å². The highest BCUT2D eigenvalue weighted by Gasteiger charge is 2.19. The molecule has 0 radical (unpaired) electrons. The average Bonchev–Trinajstić information content (AvgIpc) is 2.80. The smallest absolute Gasteiger partial charge is 0.341 e. The van der Waals surface area contributed by atoms with E-state index in [2.05, 4.69) is 48.9 Å². The lowest BCUT2D eigenvalue weighted by Crippen LogP contribution is -2.22. The molecule has 1 heterocycles. The van der Waals surface area contributed by atoms with Gasteiger partial charge in [-0.2, -0.15) is 9.78 Å². The van der Waals surface area contributed by atoms with Gasteiger partial charge in [-0.15, -0.1) is 0 Å². The van der Waals surface area contributed by atoms with Gasteiger partial charge in [0.25, 0.3) is 5.56 Å². The largest absolute Gasteiger partial charge is 0.490 e. The number of carboxylic acid groups (broad SMARTS) is 1. The van der Waals surface area contributed by atoms with Crippen LogP contribution in [0.15, 0.2) is 43.1 Å². The summed E-state index contributed by atoms with van der Waals surface area (Å²) < 4.78 is 13.4. The van der Waals surface area contributed by atoms with E-state index in [0.29, 0.717) is 39.8 Å². The fourth-order valence-electron chi connectivity index (χ4n) is 3.16. The van der Waals surface area contributed by atoms with Crippen LogP contribution < -0.4 is 15.0 Å². The zero-order chi connectivity index (χ0) is 24.8. The number of aliphatic carboxylic acids is 1. The summed E-state index contributed by atoms with van der Waals surface area (Å²) in [4.78, 5) is 28.9. The zero-order valence-corrected chi connectivity index (χ0v) is 22.4. The fourth-order valence-corrected chi connectivity index (χ4v) is 4.18. The van der Waals surface area contributed by atoms with Crippen LogP contribution in [0.4, 0.5) is 0 Å². The van der Waals surface area contributed by atoms with Crippen molar-refractivity contribution in [2.75, 3.05) is 13.2 Å². The molecule has 0 aliphatic rings. The summed E-state index contributed by atoms with van der Waals surface area (Å²) in [5, 5.41) is 14.0. The Balaban J connectivity index is 2.12. The molecule has 0 unspecified atom stereocenters. The van der Waals surface area contributed by atoms with Crippen LogP contribution in [0.25, 0.3) is 10.9 Å². The highest BCUT2D eigenvalue weighted by molar-refractivity contribution is 9.10. The predicted octanol–water partition coefficient (Wildman–Crippen LogP) is 5.66. The number of hydrogen-bond acceptors (Lipinski definition) is 6. The first-order chi connectivity index (χ1) is 16.3. The predicted molar refractivity (Wildman–Crippen MR) is 139 cm³/mol. The first kappa shape index (κ1) is 26.2. The second kappa shape index (κ2) is 11.8. The summed E-state index contributed by atoms with van der Waals surface area (Å²) in [5.41, 5.74) is 0.828. The molecule has 11 heteroatoms. The van der Waals surface area contributed by atoms with Gasteiger partial charge in [-0.05, 0) is 53.5 Å². The molecular formula is C23H22Br2ClN3O5. The number of hydrogen-bond donors (Lipinski definition) is 1. The number of aryl methyl sites for hydroxylation is 1. The molecule has 0 saturated carbocycles. The van der Waals surface area contributed by atoms with Crippen LogP contribution in [0, 0.1) is 0 Å². The van der Waals surface area contributed by atoms with Crippen molar-refractivity contribution >= 4 is 66.5 Å². The van der Waals surface area contributed by atoms with Crippen LogP contribution in [0.2, 0.25) is 5.02 Å². The van der Waals surface area contributed by atoms with Crippen molar-refractivity contribution in [2.45, 2.75) is 33.1 Å². The standard InChI is InChI=1S/C23H22Br2ClN3O5/c1-3-5-6-18-28-16-8-7-14(24)10-15(16)23(32)29(18)27-11-13-9-17(33-4-2)22(21(26)20(13)25)34-12-19(30)31/h7-11H,3-6,12H2,1-2H3,(H,30,31). The Hall–Kier alpha value is -2.43.